The summed E-state index contributed by atoms with van der Waals surface area (Å²) in [5, 5.41) is 9.85. The van der Waals surface area contributed by atoms with E-state index in [4.69, 9.17) is 9.68 Å². The number of allylic oxidation sites excluding steroid dienone is 6. The fraction of sp³-hybridized carbons (Fsp3) is 0.238. The molecule has 3 nitrogen and oxygen atoms in total. The maximum absolute atomic E-state index is 9.07. The summed E-state index contributed by atoms with van der Waals surface area (Å²) in [6.45, 7) is 4.04. The Morgan fingerprint density at radius 1 is 1.24 bits per heavy atom. The molecule has 2 aromatic rings. The third-order valence-corrected chi connectivity index (χ3v) is 4.86. The summed E-state index contributed by atoms with van der Waals surface area (Å²) >= 11 is 1.58. The number of hydrogen-bond donors (Lipinski definition) is 0. The van der Waals surface area contributed by atoms with Gasteiger partial charge in [-0.2, -0.15) is 5.26 Å². The first-order chi connectivity index (χ1) is 12.2. The van der Waals surface area contributed by atoms with Crippen LogP contribution in [0.2, 0.25) is 0 Å². The maximum atomic E-state index is 9.07. The number of rotatable bonds is 5. The molecular formula is C21H20N2OS. The van der Waals surface area contributed by atoms with Crippen LogP contribution in [-0.2, 0) is 6.42 Å². The molecule has 0 fully saturated rings. The summed E-state index contributed by atoms with van der Waals surface area (Å²) < 4.78 is 5.83. The largest absolute Gasteiger partial charge is 0.434 e. The number of nitriles is 1. The molecule has 0 aliphatic heterocycles. The number of aromatic nitrogens is 1. The summed E-state index contributed by atoms with van der Waals surface area (Å²) in [6.07, 6.45) is 10.7. The van der Waals surface area contributed by atoms with Gasteiger partial charge in [-0.05, 0) is 42.0 Å². The topological polar surface area (TPSA) is 49.8 Å². The lowest BCUT2D eigenvalue weighted by Gasteiger charge is -2.03. The number of hydrogen-bond acceptors (Lipinski definition) is 4. The van der Waals surface area contributed by atoms with Gasteiger partial charge in [0.05, 0.1) is 6.07 Å². The molecule has 1 heterocycles. The van der Waals surface area contributed by atoms with E-state index in [-0.39, 0.29) is 0 Å². The first-order valence-corrected chi connectivity index (χ1v) is 9.23. The summed E-state index contributed by atoms with van der Waals surface area (Å²) in [5.74, 6) is 0.642. The summed E-state index contributed by atoms with van der Waals surface area (Å²) in [6, 6.07) is 10.8. The van der Waals surface area contributed by atoms with Gasteiger partial charge >= 0.3 is 0 Å². The first kappa shape index (κ1) is 17.3. The summed E-state index contributed by atoms with van der Waals surface area (Å²) in [5.41, 5.74) is 3.88. The summed E-state index contributed by atoms with van der Waals surface area (Å²) in [4.78, 5) is 5.68. The van der Waals surface area contributed by atoms with Gasteiger partial charge in [-0.15, -0.1) is 0 Å². The number of benzene rings is 1. The average Bonchev–Trinajstić information content (AvgIpc) is 2.83. The van der Waals surface area contributed by atoms with Crippen molar-refractivity contribution in [2.75, 3.05) is 0 Å². The van der Waals surface area contributed by atoms with E-state index in [0.29, 0.717) is 12.3 Å². The van der Waals surface area contributed by atoms with Crippen LogP contribution < -0.4 is 0 Å². The highest BCUT2D eigenvalue weighted by atomic mass is 32.2. The van der Waals surface area contributed by atoms with E-state index >= 15 is 0 Å². The summed E-state index contributed by atoms with van der Waals surface area (Å²) in [7, 11) is 0. The molecule has 1 aromatic carbocycles. The molecule has 0 N–H and O–H groups in total. The van der Waals surface area contributed by atoms with Crippen molar-refractivity contribution >= 4 is 17.3 Å². The van der Waals surface area contributed by atoms with Crippen LogP contribution in [-0.4, -0.2) is 4.98 Å². The Balaban J connectivity index is 1.87. The average molecular weight is 348 g/mol. The van der Waals surface area contributed by atoms with E-state index in [9.17, 15) is 0 Å². The molecule has 0 unspecified atom stereocenters. The zero-order valence-corrected chi connectivity index (χ0v) is 15.3. The van der Waals surface area contributed by atoms with Crippen molar-refractivity contribution in [1.82, 2.24) is 4.98 Å². The van der Waals surface area contributed by atoms with Crippen molar-refractivity contribution in [3.05, 3.63) is 71.3 Å². The van der Waals surface area contributed by atoms with Gasteiger partial charge in [-0.3, -0.25) is 0 Å². The quantitative estimate of drug-likeness (QED) is 0.677. The van der Waals surface area contributed by atoms with Gasteiger partial charge in [0.2, 0.25) is 0 Å². The first-order valence-electron chi connectivity index (χ1n) is 8.41. The standard InChI is InChI=1S/C21H20N2OS/c1-3-5-16-9-12-19(13-10-16)25-21-20(23-15(2)24-21)18-7-4-6-17(14-22)8-11-18/h4,7-13H,3,5-6H2,1-2H3. The zero-order chi connectivity index (χ0) is 17.6. The Labute approximate surface area is 152 Å². The molecule has 1 aromatic heterocycles. The minimum absolute atomic E-state index is 0.642. The highest BCUT2D eigenvalue weighted by molar-refractivity contribution is 7.99. The maximum Gasteiger partial charge on any atom is 0.193 e. The van der Waals surface area contributed by atoms with Crippen LogP contribution in [0, 0.1) is 18.3 Å². The molecule has 0 spiro atoms. The fourth-order valence-electron chi connectivity index (χ4n) is 2.65. The van der Waals surface area contributed by atoms with Crippen molar-refractivity contribution in [2.24, 2.45) is 0 Å². The molecule has 4 heteroatoms. The Morgan fingerprint density at radius 2 is 2.04 bits per heavy atom. The lowest BCUT2D eigenvalue weighted by Crippen LogP contribution is -1.85. The third kappa shape index (κ3) is 4.32. The normalized spacial score (nSPS) is 13.8. The van der Waals surface area contributed by atoms with Crippen LogP contribution in [0.4, 0.5) is 0 Å². The molecule has 1 aliphatic rings. The van der Waals surface area contributed by atoms with Crippen LogP contribution in [0.25, 0.3) is 5.57 Å². The van der Waals surface area contributed by atoms with Crippen molar-refractivity contribution in [2.45, 2.75) is 43.1 Å². The molecule has 25 heavy (non-hydrogen) atoms. The van der Waals surface area contributed by atoms with Gasteiger partial charge < -0.3 is 4.42 Å². The highest BCUT2D eigenvalue weighted by Gasteiger charge is 2.16. The molecule has 3 rings (SSSR count). The zero-order valence-electron chi connectivity index (χ0n) is 14.5. The Hall–Kier alpha value is -2.51. The van der Waals surface area contributed by atoms with E-state index in [1.54, 1.807) is 11.8 Å². The van der Waals surface area contributed by atoms with Crippen molar-refractivity contribution in [3.8, 4) is 6.07 Å². The molecular weight excluding hydrogens is 328 g/mol. The minimum Gasteiger partial charge on any atom is -0.434 e. The van der Waals surface area contributed by atoms with Gasteiger partial charge in [0.15, 0.2) is 11.0 Å². The van der Waals surface area contributed by atoms with Crippen LogP contribution in [0.15, 0.2) is 68.5 Å². The van der Waals surface area contributed by atoms with Crippen LogP contribution in [0.5, 0.6) is 0 Å². The van der Waals surface area contributed by atoms with E-state index in [1.807, 2.05) is 31.2 Å². The van der Waals surface area contributed by atoms with Crippen molar-refractivity contribution in [3.63, 3.8) is 0 Å². The molecule has 0 bridgehead atoms. The second-order valence-corrected chi connectivity index (χ2v) is 6.94. The smallest absolute Gasteiger partial charge is 0.193 e. The monoisotopic (exact) mass is 348 g/mol. The lowest BCUT2D eigenvalue weighted by molar-refractivity contribution is 0.441. The number of oxazole rings is 1. The number of aryl methyl sites for hydroxylation is 2. The Bertz CT molecular complexity index is 880. The van der Waals surface area contributed by atoms with Gasteiger partial charge in [-0.25, -0.2) is 4.98 Å². The molecule has 0 atom stereocenters. The van der Waals surface area contributed by atoms with E-state index in [1.165, 1.54) is 5.56 Å². The van der Waals surface area contributed by atoms with Gasteiger partial charge in [0, 0.05) is 29.4 Å². The molecule has 1 aliphatic carbocycles. The van der Waals surface area contributed by atoms with Gasteiger partial charge in [-0.1, -0.05) is 43.7 Å². The van der Waals surface area contributed by atoms with E-state index in [2.05, 4.69) is 42.2 Å². The molecule has 0 radical (unpaired) electrons. The third-order valence-electron chi connectivity index (χ3n) is 3.89. The Morgan fingerprint density at radius 3 is 2.76 bits per heavy atom. The van der Waals surface area contributed by atoms with Gasteiger partial charge in [0.25, 0.3) is 0 Å². The SMILES string of the molecule is CCCc1ccc(Sc2oc(C)nc2C2=CC=C(C#N)CC=C2)cc1. The minimum atomic E-state index is 0.642. The second-order valence-electron chi connectivity index (χ2n) is 5.90. The molecule has 0 saturated heterocycles. The predicted molar refractivity (Wildman–Crippen MR) is 101 cm³/mol. The molecule has 0 amide bonds. The van der Waals surface area contributed by atoms with Crippen molar-refractivity contribution in [1.29, 1.82) is 5.26 Å². The van der Waals surface area contributed by atoms with Crippen LogP contribution in [0.3, 0.4) is 0 Å². The Kier molecular flexibility index (Phi) is 5.57. The van der Waals surface area contributed by atoms with E-state index in [0.717, 1.165) is 39.7 Å². The molecule has 0 saturated carbocycles. The predicted octanol–water partition coefficient (Wildman–Crippen LogP) is 5.88. The lowest BCUT2D eigenvalue weighted by atomic mass is 10.1. The van der Waals surface area contributed by atoms with Crippen LogP contribution >= 0.6 is 11.8 Å². The molecule has 126 valence electrons. The van der Waals surface area contributed by atoms with Gasteiger partial charge in [0.1, 0.15) is 5.69 Å². The van der Waals surface area contributed by atoms with Crippen molar-refractivity contribution < 1.29 is 4.42 Å². The fourth-order valence-corrected chi connectivity index (χ4v) is 3.56. The van der Waals surface area contributed by atoms with Crippen LogP contribution in [0.1, 0.15) is 36.9 Å². The van der Waals surface area contributed by atoms with E-state index < -0.39 is 0 Å². The second kappa shape index (κ2) is 8.04. The number of nitrogens with zero attached hydrogens (tertiary/aromatic N) is 2. The highest BCUT2D eigenvalue weighted by Crippen LogP contribution is 2.35.